The number of amidine groups is 1. The van der Waals surface area contributed by atoms with Gasteiger partial charge in [-0.15, -0.1) is 18.3 Å². The van der Waals surface area contributed by atoms with Gasteiger partial charge >= 0.3 is 12.4 Å². The van der Waals surface area contributed by atoms with Crippen LogP contribution in [0.15, 0.2) is 84.2 Å². The van der Waals surface area contributed by atoms with Crippen molar-refractivity contribution in [3.63, 3.8) is 0 Å². The van der Waals surface area contributed by atoms with Crippen LogP contribution in [0, 0.1) is 0 Å². The van der Waals surface area contributed by atoms with Crippen LogP contribution >= 0.6 is 11.8 Å². The van der Waals surface area contributed by atoms with Gasteiger partial charge in [0.05, 0.1) is 12.8 Å². The van der Waals surface area contributed by atoms with Crippen LogP contribution in [0.5, 0.6) is 11.5 Å². The van der Waals surface area contributed by atoms with E-state index in [1.165, 1.54) is 35.3 Å². The van der Waals surface area contributed by atoms with Gasteiger partial charge in [-0.3, -0.25) is 0 Å². The summed E-state index contributed by atoms with van der Waals surface area (Å²) in [5.74, 6) is 2.04. The maximum absolute atomic E-state index is 13.0. The van der Waals surface area contributed by atoms with Gasteiger partial charge in [-0.05, 0) is 85.4 Å². The number of thioether (sulfide) groups is 1. The van der Waals surface area contributed by atoms with E-state index >= 15 is 0 Å². The molecule has 2 heterocycles. The standard InChI is InChI=1S/C34H35F3N6O3S/c1-21(2)29-18-28(45-5)14-15-30(29)43-23(4)16-17-47-33(43)40-32(44)38-19-22(3)24-6-8-25(9-7-24)31-39-20-42(41-31)26-10-12-27(13-11-26)46-34(35,36)37/h6-15,18-21,23H,16-17H2,1-5H3,(H,38,44)/b22-19+,40-33?. The number of hydrogen-bond acceptors (Lipinski definition) is 6. The van der Waals surface area contributed by atoms with Crippen LogP contribution in [0.2, 0.25) is 0 Å². The maximum Gasteiger partial charge on any atom is 0.573 e. The fourth-order valence-corrected chi connectivity index (χ4v) is 6.26. The van der Waals surface area contributed by atoms with Crippen molar-refractivity contribution in [2.75, 3.05) is 17.8 Å². The van der Waals surface area contributed by atoms with Crippen molar-refractivity contribution in [1.29, 1.82) is 0 Å². The molecule has 1 aromatic heterocycles. The summed E-state index contributed by atoms with van der Waals surface area (Å²) in [5, 5.41) is 7.91. The van der Waals surface area contributed by atoms with E-state index in [2.05, 4.69) is 50.8 Å². The first-order valence-corrected chi connectivity index (χ1v) is 15.9. The minimum atomic E-state index is -4.76. The number of hydrogen-bond donors (Lipinski definition) is 1. The summed E-state index contributed by atoms with van der Waals surface area (Å²) in [6, 6.07) is 18.6. The number of carbonyl (C=O) groups excluding carboxylic acids is 1. The number of anilines is 1. The summed E-state index contributed by atoms with van der Waals surface area (Å²) in [4.78, 5) is 23.9. The second-order valence-electron chi connectivity index (χ2n) is 11.2. The highest BCUT2D eigenvalue weighted by Gasteiger charge is 2.31. The summed E-state index contributed by atoms with van der Waals surface area (Å²) >= 11 is 1.56. The monoisotopic (exact) mass is 664 g/mol. The Hall–Kier alpha value is -4.78. The third-order valence-corrected chi connectivity index (χ3v) is 8.55. The molecule has 0 spiro atoms. The van der Waals surface area contributed by atoms with Crippen molar-refractivity contribution in [2.45, 2.75) is 52.4 Å². The Labute approximate surface area is 275 Å². The SMILES string of the molecule is COc1ccc(N2C(=NC(=O)N/C=C(\C)c3ccc(-c4ncn(-c5ccc(OC(F)(F)F)cc5)n4)cc3)SCCC2C)c(C(C)C)c1. The molecular formula is C34H35F3N6O3S. The molecule has 1 unspecified atom stereocenters. The minimum Gasteiger partial charge on any atom is -0.497 e. The summed E-state index contributed by atoms with van der Waals surface area (Å²) in [5.41, 5.74) is 5.12. The Morgan fingerprint density at radius 1 is 1.09 bits per heavy atom. The first-order valence-electron chi connectivity index (χ1n) is 15.0. The number of aliphatic imine (C=N–C) groups is 1. The number of ether oxygens (including phenoxy) is 2. The Balaban J connectivity index is 1.26. The first-order chi connectivity index (χ1) is 22.4. The molecule has 2 amide bonds. The minimum absolute atomic E-state index is 0.170. The highest BCUT2D eigenvalue weighted by Crippen LogP contribution is 2.37. The van der Waals surface area contributed by atoms with Gasteiger partial charge in [0.1, 0.15) is 17.8 Å². The number of urea groups is 1. The number of allylic oxidation sites excluding steroid dienone is 1. The van der Waals surface area contributed by atoms with Crippen LogP contribution in [0.4, 0.5) is 23.7 Å². The van der Waals surface area contributed by atoms with Crippen LogP contribution in [-0.4, -0.2) is 51.2 Å². The molecule has 0 aliphatic carbocycles. The number of amides is 2. The number of halogens is 3. The van der Waals surface area contributed by atoms with Gasteiger partial charge in [-0.2, -0.15) is 4.99 Å². The highest BCUT2D eigenvalue weighted by molar-refractivity contribution is 8.14. The summed E-state index contributed by atoms with van der Waals surface area (Å²) < 4.78 is 48.2. The third kappa shape index (κ3) is 8.33. The van der Waals surface area contributed by atoms with Crippen molar-refractivity contribution in [3.8, 4) is 28.6 Å². The Kier molecular flexibility index (Phi) is 10.2. The van der Waals surface area contributed by atoms with Crippen LogP contribution < -0.4 is 19.7 Å². The van der Waals surface area contributed by atoms with Gasteiger partial charge < -0.3 is 19.7 Å². The number of carbonyl (C=O) groups is 1. The molecule has 47 heavy (non-hydrogen) atoms. The molecule has 0 saturated carbocycles. The number of rotatable bonds is 8. The molecule has 1 fully saturated rings. The molecule has 1 saturated heterocycles. The Bertz CT molecular complexity index is 1770. The summed E-state index contributed by atoms with van der Waals surface area (Å²) in [6.45, 7) is 8.30. The van der Waals surface area contributed by atoms with Gasteiger partial charge in [-0.1, -0.05) is 49.9 Å². The van der Waals surface area contributed by atoms with E-state index in [4.69, 9.17) is 4.74 Å². The molecule has 9 nitrogen and oxygen atoms in total. The zero-order valence-electron chi connectivity index (χ0n) is 26.6. The number of aromatic nitrogens is 3. The van der Waals surface area contributed by atoms with Crippen molar-refractivity contribution in [2.24, 2.45) is 4.99 Å². The zero-order chi connectivity index (χ0) is 33.7. The average Bonchev–Trinajstić information content (AvgIpc) is 3.54. The number of alkyl halides is 3. The topological polar surface area (TPSA) is 93.9 Å². The Morgan fingerprint density at radius 3 is 2.45 bits per heavy atom. The zero-order valence-corrected chi connectivity index (χ0v) is 27.4. The van der Waals surface area contributed by atoms with E-state index in [1.54, 1.807) is 25.1 Å². The van der Waals surface area contributed by atoms with Gasteiger partial charge in [0.15, 0.2) is 11.0 Å². The van der Waals surface area contributed by atoms with E-state index in [0.717, 1.165) is 45.9 Å². The highest BCUT2D eigenvalue weighted by atomic mass is 32.2. The molecule has 0 radical (unpaired) electrons. The molecule has 1 N–H and O–H groups in total. The lowest BCUT2D eigenvalue weighted by Crippen LogP contribution is -2.42. The number of nitrogens with zero attached hydrogens (tertiary/aromatic N) is 5. The quantitative estimate of drug-likeness (QED) is 0.202. The van der Waals surface area contributed by atoms with Gasteiger partial charge in [-0.25, -0.2) is 14.5 Å². The number of nitrogens with one attached hydrogen (secondary N) is 1. The third-order valence-electron chi connectivity index (χ3n) is 7.56. The first kappa shape index (κ1) is 33.6. The number of methoxy groups -OCH3 is 1. The molecule has 4 aromatic rings. The van der Waals surface area contributed by atoms with Crippen molar-refractivity contribution in [3.05, 3.63) is 90.4 Å². The molecule has 1 aliphatic rings. The molecule has 13 heteroatoms. The lowest BCUT2D eigenvalue weighted by atomic mass is 9.99. The van der Waals surface area contributed by atoms with E-state index in [9.17, 15) is 18.0 Å². The lowest BCUT2D eigenvalue weighted by molar-refractivity contribution is -0.274. The molecule has 5 rings (SSSR count). The molecule has 0 bridgehead atoms. The predicted molar refractivity (Wildman–Crippen MR) is 179 cm³/mol. The van der Waals surface area contributed by atoms with Crippen LogP contribution in [0.25, 0.3) is 22.6 Å². The Morgan fingerprint density at radius 2 is 1.79 bits per heavy atom. The summed E-state index contributed by atoms with van der Waals surface area (Å²) in [7, 11) is 1.65. The van der Waals surface area contributed by atoms with E-state index in [-0.39, 0.29) is 17.7 Å². The van der Waals surface area contributed by atoms with E-state index < -0.39 is 12.4 Å². The normalized spacial score (nSPS) is 16.4. The van der Waals surface area contributed by atoms with Crippen molar-refractivity contribution >= 4 is 34.2 Å². The second kappa shape index (κ2) is 14.3. The van der Waals surface area contributed by atoms with Gasteiger partial charge in [0.2, 0.25) is 0 Å². The fourth-order valence-electron chi connectivity index (χ4n) is 5.05. The molecule has 1 aliphatic heterocycles. The smallest absolute Gasteiger partial charge is 0.497 e. The molecule has 3 aromatic carbocycles. The molecule has 246 valence electrons. The number of benzene rings is 3. The second-order valence-corrected chi connectivity index (χ2v) is 12.3. The molecular weight excluding hydrogens is 629 g/mol. The maximum atomic E-state index is 13.0. The van der Waals surface area contributed by atoms with Gasteiger partial charge in [0.25, 0.3) is 0 Å². The van der Waals surface area contributed by atoms with Crippen molar-refractivity contribution < 1.29 is 27.4 Å². The van der Waals surface area contributed by atoms with E-state index in [1.807, 2.05) is 49.4 Å². The van der Waals surface area contributed by atoms with Crippen LogP contribution in [0.3, 0.4) is 0 Å². The summed E-state index contributed by atoms with van der Waals surface area (Å²) in [6.07, 6.45) is -0.676. The average molecular weight is 665 g/mol. The van der Waals surface area contributed by atoms with Gasteiger partial charge in [0, 0.05) is 29.2 Å². The molecule has 1 atom stereocenters. The van der Waals surface area contributed by atoms with Crippen LogP contribution in [0.1, 0.15) is 51.2 Å². The lowest BCUT2D eigenvalue weighted by Gasteiger charge is -2.37. The van der Waals surface area contributed by atoms with Crippen LogP contribution in [-0.2, 0) is 0 Å². The fraction of sp³-hybridized carbons (Fsp3) is 0.294. The predicted octanol–water partition coefficient (Wildman–Crippen LogP) is 8.42. The largest absolute Gasteiger partial charge is 0.573 e. The van der Waals surface area contributed by atoms with Crippen molar-refractivity contribution in [1.82, 2.24) is 20.1 Å². The van der Waals surface area contributed by atoms with E-state index in [0.29, 0.717) is 16.7 Å².